The fourth-order valence-corrected chi connectivity index (χ4v) is 2.06. The number of benzene rings is 1. The van der Waals surface area contributed by atoms with E-state index in [2.05, 4.69) is 36.2 Å². The molecule has 3 N–H and O–H groups in total. The maximum absolute atomic E-state index is 5.82. The minimum atomic E-state index is 0.431. The number of nitrogens with one attached hydrogen (secondary N) is 1. The Bertz CT molecular complexity index is 712. The van der Waals surface area contributed by atoms with Crippen molar-refractivity contribution in [1.82, 2.24) is 25.0 Å². The first-order chi connectivity index (χ1) is 9.13. The van der Waals surface area contributed by atoms with Gasteiger partial charge in [-0.2, -0.15) is 10.2 Å². The number of rotatable bonds is 2. The van der Waals surface area contributed by atoms with Crippen LogP contribution in [0.15, 0.2) is 34.9 Å². The fraction of sp³-hybridized carbons (Fsp3) is 0.0833. The van der Waals surface area contributed by atoms with E-state index >= 15 is 0 Å². The third kappa shape index (κ3) is 2.24. The second-order valence-corrected chi connectivity index (χ2v) is 5.03. The van der Waals surface area contributed by atoms with Gasteiger partial charge in [-0.15, -0.1) is 0 Å². The third-order valence-corrected chi connectivity index (χ3v) is 3.23. The van der Waals surface area contributed by atoms with Crippen LogP contribution in [0.1, 0.15) is 0 Å². The van der Waals surface area contributed by atoms with Crippen LogP contribution in [0.2, 0.25) is 0 Å². The predicted octanol–water partition coefficient (Wildman–Crippen LogP) is 2.22. The second kappa shape index (κ2) is 4.51. The predicted molar refractivity (Wildman–Crippen MR) is 76.1 cm³/mol. The van der Waals surface area contributed by atoms with Gasteiger partial charge in [0.25, 0.3) is 0 Å². The molecule has 19 heavy (non-hydrogen) atoms. The minimum absolute atomic E-state index is 0.431. The number of hydrogen-bond donors (Lipinski definition) is 2. The Kier molecular flexibility index (Phi) is 2.83. The number of nitrogens with zero attached hydrogens (tertiary/aromatic N) is 4. The molecule has 0 radical (unpaired) electrons. The number of anilines is 1. The molecule has 0 spiro atoms. The molecule has 0 saturated heterocycles. The molecule has 0 saturated carbocycles. The van der Waals surface area contributed by atoms with Crippen molar-refractivity contribution in [3.63, 3.8) is 0 Å². The van der Waals surface area contributed by atoms with Crippen LogP contribution in [0, 0.1) is 0 Å². The van der Waals surface area contributed by atoms with Crippen molar-refractivity contribution in [3.05, 3.63) is 34.9 Å². The van der Waals surface area contributed by atoms with E-state index in [1.807, 2.05) is 31.3 Å². The zero-order valence-corrected chi connectivity index (χ0v) is 11.7. The molecule has 3 rings (SSSR count). The molecule has 0 atom stereocenters. The zero-order valence-electron chi connectivity index (χ0n) is 10.1. The van der Waals surface area contributed by atoms with E-state index < -0.39 is 0 Å². The van der Waals surface area contributed by atoms with Gasteiger partial charge in [0, 0.05) is 23.3 Å². The van der Waals surface area contributed by atoms with Crippen LogP contribution in [-0.2, 0) is 7.05 Å². The number of nitrogen functional groups attached to an aromatic ring is 1. The average molecular weight is 319 g/mol. The summed E-state index contributed by atoms with van der Waals surface area (Å²) in [6.45, 7) is 0. The second-order valence-electron chi connectivity index (χ2n) is 4.12. The van der Waals surface area contributed by atoms with Crippen LogP contribution >= 0.6 is 15.9 Å². The maximum atomic E-state index is 5.82. The first-order valence-electron chi connectivity index (χ1n) is 5.61. The molecule has 0 aliphatic carbocycles. The highest BCUT2D eigenvalue weighted by molar-refractivity contribution is 9.10. The largest absolute Gasteiger partial charge is 0.382 e. The molecule has 0 amide bonds. The molecule has 2 aromatic heterocycles. The summed E-state index contributed by atoms with van der Waals surface area (Å²) >= 11 is 3.40. The molecule has 3 aromatic rings. The summed E-state index contributed by atoms with van der Waals surface area (Å²) in [6, 6.07) is 7.79. The number of aromatic nitrogens is 5. The molecule has 6 nitrogen and oxygen atoms in total. The highest BCUT2D eigenvalue weighted by Crippen LogP contribution is 2.24. The highest BCUT2D eigenvalue weighted by Gasteiger charge is 2.12. The van der Waals surface area contributed by atoms with Crippen LogP contribution in [0.4, 0.5) is 5.82 Å². The van der Waals surface area contributed by atoms with E-state index in [-0.39, 0.29) is 0 Å². The lowest BCUT2D eigenvalue weighted by molar-refractivity contribution is 0.772. The number of aromatic amines is 1. The van der Waals surface area contributed by atoms with Gasteiger partial charge in [-0.1, -0.05) is 28.1 Å². The molecule has 0 bridgehead atoms. The Morgan fingerprint density at radius 3 is 2.63 bits per heavy atom. The van der Waals surface area contributed by atoms with E-state index in [1.54, 1.807) is 10.9 Å². The van der Waals surface area contributed by atoms with Crippen LogP contribution < -0.4 is 5.73 Å². The van der Waals surface area contributed by atoms with E-state index in [0.29, 0.717) is 17.5 Å². The highest BCUT2D eigenvalue weighted by atomic mass is 79.9. The minimum Gasteiger partial charge on any atom is -0.382 e. The number of hydrogen-bond acceptors (Lipinski definition) is 4. The average Bonchev–Trinajstić information content (AvgIpc) is 2.97. The lowest BCUT2D eigenvalue weighted by atomic mass is 10.2. The third-order valence-electron chi connectivity index (χ3n) is 2.70. The molecule has 0 aliphatic heterocycles. The normalized spacial score (nSPS) is 10.8. The lowest BCUT2D eigenvalue weighted by Crippen LogP contribution is -1.91. The summed E-state index contributed by atoms with van der Waals surface area (Å²) in [4.78, 5) is 4.44. The standard InChI is InChI=1S/C12H11BrN6/c1-19-6-9(10(14)18-19)12-15-11(16-17-12)7-2-4-8(13)5-3-7/h2-6H,1H3,(H2,14,18)(H,15,16,17). The Labute approximate surface area is 117 Å². The Morgan fingerprint density at radius 2 is 2.00 bits per heavy atom. The molecule has 1 aromatic carbocycles. The first-order valence-corrected chi connectivity index (χ1v) is 6.40. The van der Waals surface area contributed by atoms with Gasteiger partial charge in [-0.3, -0.25) is 9.78 Å². The smallest absolute Gasteiger partial charge is 0.181 e. The molecule has 96 valence electrons. The van der Waals surface area contributed by atoms with Crippen molar-refractivity contribution < 1.29 is 0 Å². The summed E-state index contributed by atoms with van der Waals surface area (Å²) in [5, 5.41) is 11.2. The molecule has 2 heterocycles. The quantitative estimate of drug-likeness (QED) is 0.758. The molecule has 0 aliphatic rings. The van der Waals surface area contributed by atoms with Gasteiger partial charge in [0.1, 0.15) is 0 Å². The van der Waals surface area contributed by atoms with Gasteiger partial charge in [0.2, 0.25) is 0 Å². The first kappa shape index (κ1) is 11.9. The molecule has 0 unspecified atom stereocenters. The van der Waals surface area contributed by atoms with Crippen molar-refractivity contribution >= 4 is 21.7 Å². The van der Waals surface area contributed by atoms with E-state index in [9.17, 15) is 0 Å². The maximum Gasteiger partial charge on any atom is 0.181 e. The molecule has 0 fully saturated rings. The van der Waals surface area contributed by atoms with Crippen LogP contribution in [0.5, 0.6) is 0 Å². The topological polar surface area (TPSA) is 85.4 Å². The monoisotopic (exact) mass is 318 g/mol. The van der Waals surface area contributed by atoms with Gasteiger partial charge in [-0.05, 0) is 12.1 Å². The SMILES string of the molecule is Cn1cc(-c2nc(-c3ccc(Br)cc3)n[nH]2)c(N)n1. The number of aryl methyl sites for hydroxylation is 1. The van der Waals surface area contributed by atoms with Gasteiger partial charge >= 0.3 is 0 Å². The van der Waals surface area contributed by atoms with E-state index in [1.165, 1.54) is 0 Å². The fourth-order valence-electron chi connectivity index (χ4n) is 1.80. The lowest BCUT2D eigenvalue weighted by Gasteiger charge is -1.94. The van der Waals surface area contributed by atoms with Crippen LogP contribution in [0.25, 0.3) is 22.8 Å². The van der Waals surface area contributed by atoms with Crippen molar-refractivity contribution in [1.29, 1.82) is 0 Å². The van der Waals surface area contributed by atoms with Gasteiger partial charge in [0.15, 0.2) is 17.5 Å². The summed E-state index contributed by atoms with van der Waals surface area (Å²) in [7, 11) is 1.81. The molecular formula is C12H11BrN6. The summed E-state index contributed by atoms with van der Waals surface area (Å²) < 4.78 is 2.66. The Morgan fingerprint density at radius 1 is 1.26 bits per heavy atom. The van der Waals surface area contributed by atoms with Crippen molar-refractivity contribution in [2.75, 3.05) is 5.73 Å². The number of H-pyrrole nitrogens is 1. The summed E-state index contributed by atoms with van der Waals surface area (Å²) in [5.74, 6) is 1.68. The van der Waals surface area contributed by atoms with Crippen LogP contribution in [0.3, 0.4) is 0 Å². The zero-order chi connectivity index (χ0) is 13.4. The Balaban J connectivity index is 1.99. The summed E-state index contributed by atoms with van der Waals surface area (Å²) in [6.07, 6.45) is 1.81. The van der Waals surface area contributed by atoms with Crippen LogP contribution in [-0.4, -0.2) is 25.0 Å². The van der Waals surface area contributed by atoms with Gasteiger partial charge < -0.3 is 5.73 Å². The molecule has 7 heteroatoms. The van der Waals surface area contributed by atoms with Crippen molar-refractivity contribution in [2.24, 2.45) is 7.05 Å². The van der Waals surface area contributed by atoms with E-state index in [0.717, 1.165) is 15.6 Å². The van der Waals surface area contributed by atoms with Crippen molar-refractivity contribution in [3.8, 4) is 22.8 Å². The molecular weight excluding hydrogens is 308 g/mol. The Hall–Kier alpha value is -2.15. The summed E-state index contributed by atoms with van der Waals surface area (Å²) in [5.41, 5.74) is 7.50. The van der Waals surface area contributed by atoms with Gasteiger partial charge in [-0.25, -0.2) is 4.98 Å². The number of halogens is 1. The number of nitrogens with two attached hydrogens (primary N) is 1. The van der Waals surface area contributed by atoms with Gasteiger partial charge in [0.05, 0.1) is 5.56 Å². The van der Waals surface area contributed by atoms with Crippen molar-refractivity contribution in [2.45, 2.75) is 0 Å². The van der Waals surface area contributed by atoms with E-state index in [4.69, 9.17) is 5.73 Å².